The second kappa shape index (κ2) is 4.79. The van der Waals surface area contributed by atoms with E-state index in [2.05, 4.69) is 15.6 Å². The van der Waals surface area contributed by atoms with E-state index in [-0.39, 0.29) is 11.1 Å². The molecule has 0 atom stereocenters. The first-order valence-corrected chi connectivity index (χ1v) is 5.34. The first kappa shape index (κ1) is 12.0. The molecule has 6 heteroatoms. The van der Waals surface area contributed by atoms with Crippen LogP contribution < -0.4 is 20.8 Å². The van der Waals surface area contributed by atoms with E-state index in [4.69, 9.17) is 4.74 Å². The van der Waals surface area contributed by atoms with Crippen LogP contribution in [-0.2, 0) is 0 Å². The molecular weight excluding hydrogens is 234 g/mol. The molecule has 2 amide bonds. The van der Waals surface area contributed by atoms with Gasteiger partial charge >= 0.3 is 6.03 Å². The van der Waals surface area contributed by atoms with Gasteiger partial charge in [0.1, 0.15) is 11.4 Å². The zero-order valence-corrected chi connectivity index (χ0v) is 10.0. The Balaban J connectivity index is 2.55. The third kappa shape index (κ3) is 2.13. The maximum atomic E-state index is 12.1. The summed E-state index contributed by atoms with van der Waals surface area (Å²) in [5.74, 6) is 0.588. The molecule has 0 saturated heterocycles. The molecule has 0 aliphatic heterocycles. The quantitative estimate of drug-likeness (QED) is 0.747. The molecule has 1 aromatic carbocycles. The third-order valence-electron chi connectivity index (χ3n) is 2.56. The summed E-state index contributed by atoms with van der Waals surface area (Å²) in [5.41, 5.74) is 0.615. The number of hydrogen-bond acceptors (Lipinski definition) is 3. The summed E-state index contributed by atoms with van der Waals surface area (Å²) in [6.45, 7) is 0. The van der Waals surface area contributed by atoms with Gasteiger partial charge in [-0.1, -0.05) is 0 Å². The van der Waals surface area contributed by atoms with Crippen molar-refractivity contribution in [1.29, 1.82) is 0 Å². The number of rotatable bonds is 2. The van der Waals surface area contributed by atoms with Crippen LogP contribution >= 0.6 is 0 Å². The Morgan fingerprint density at radius 3 is 2.83 bits per heavy atom. The molecular formula is C12H13N3O3. The van der Waals surface area contributed by atoms with Crippen molar-refractivity contribution < 1.29 is 9.53 Å². The average molecular weight is 247 g/mol. The van der Waals surface area contributed by atoms with E-state index < -0.39 is 6.03 Å². The summed E-state index contributed by atoms with van der Waals surface area (Å²) in [5, 5.41) is 5.30. The minimum atomic E-state index is -0.442. The molecule has 94 valence electrons. The molecule has 0 bridgehead atoms. The topological polar surface area (TPSA) is 83.2 Å². The van der Waals surface area contributed by atoms with Crippen LogP contribution in [0.1, 0.15) is 0 Å². The predicted octanol–water partition coefficient (Wildman–Crippen LogP) is 1.29. The van der Waals surface area contributed by atoms with Crippen LogP contribution in [0, 0.1) is 0 Å². The highest BCUT2D eigenvalue weighted by molar-refractivity contribution is 5.91. The lowest BCUT2D eigenvalue weighted by Gasteiger charge is -2.06. The van der Waals surface area contributed by atoms with Gasteiger partial charge in [-0.3, -0.25) is 4.79 Å². The van der Waals surface area contributed by atoms with E-state index in [0.717, 1.165) is 0 Å². The molecule has 0 aliphatic carbocycles. The molecule has 6 nitrogen and oxygen atoms in total. The van der Waals surface area contributed by atoms with Crippen molar-refractivity contribution >= 4 is 22.6 Å². The van der Waals surface area contributed by atoms with Crippen molar-refractivity contribution in [1.82, 2.24) is 10.3 Å². The van der Waals surface area contributed by atoms with E-state index in [1.54, 1.807) is 18.2 Å². The highest BCUT2D eigenvalue weighted by Gasteiger charge is 2.08. The van der Waals surface area contributed by atoms with Gasteiger partial charge in [0, 0.05) is 18.8 Å². The molecule has 0 unspecified atom stereocenters. The normalized spacial score (nSPS) is 10.1. The zero-order valence-electron chi connectivity index (χ0n) is 10.0. The minimum Gasteiger partial charge on any atom is -0.497 e. The highest BCUT2D eigenvalue weighted by atomic mass is 16.5. The third-order valence-corrected chi connectivity index (χ3v) is 2.56. The number of hydrogen-bond donors (Lipinski definition) is 3. The number of benzene rings is 1. The number of ether oxygens (including phenoxy) is 1. The van der Waals surface area contributed by atoms with Crippen molar-refractivity contribution in [3.63, 3.8) is 0 Å². The molecule has 0 aliphatic rings. The number of urea groups is 1. The van der Waals surface area contributed by atoms with Crippen molar-refractivity contribution in [2.45, 2.75) is 0 Å². The fourth-order valence-corrected chi connectivity index (χ4v) is 1.60. The van der Waals surface area contributed by atoms with Gasteiger partial charge in [-0.25, -0.2) is 4.79 Å². The summed E-state index contributed by atoms with van der Waals surface area (Å²) in [4.78, 5) is 26.3. The van der Waals surface area contributed by atoms with E-state index in [1.807, 2.05) is 0 Å². The summed E-state index contributed by atoms with van der Waals surface area (Å²) in [6.07, 6.45) is 1.46. The number of pyridine rings is 1. The van der Waals surface area contributed by atoms with Crippen LogP contribution in [-0.4, -0.2) is 25.2 Å². The molecule has 0 spiro atoms. The van der Waals surface area contributed by atoms with Gasteiger partial charge in [0.25, 0.3) is 0 Å². The first-order chi connectivity index (χ1) is 8.65. The second-order valence-electron chi connectivity index (χ2n) is 3.65. The molecule has 0 radical (unpaired) electrons. The monoisotopic (exact) mass is 247 g/mol. The Morgan fingerprint density at radius 1 is 1.39 bits per heavy atom. The number of aromatic nitrogens is 1. The summed E-state index contributed by atoms with van der Waals surface area (Å²) in [6, 6.07) is 4.69. The van der Waals surface area contributed by atoms with E-state index in [0.29, 0.717) is 16.7 Å². The lowest BCUT2D eigenvalue weighted by atomic mass is 10.2. The van der Waals surface area contributed by atoms with E-state index >= 15 is 0 Å². The highest BCUT2D eigenvalue weighted by Crippen LogP contribution is 2.17. The van der Waals surface area contributed by atoms with Crippen molar-refractivity contribution in [3.8, 4) is 5.75 Å². The molecule has 1 heterocycles. The van der Waals surface area contributed by atoms with Crippen LogP contribution in [0.4, 0.5) is 10.5 Å². The number of nitrogens with one attached hydrogen (secondary N) is 3. The van der Waals surface area contributed by atoms with Gasteiger partial charge in [-0.15, -0.1) is 0 Å². The lowest BCUT2D eigenvalue weighted by molar-refractivity contribution is 0.254. The Labute approximate surface area is 103 Å². The standard InChI is InChI=1S/C12H13N3O3/c1-13-12(17)15-10-6-14-9-4-3-7(18-2)5-8(9)11(10)16/h3-6H,1-2H3,(H,14,16)(H2,13,15,17). The number of methoxy groups -OCH3 is 1. The van der Waals surface area contributed by atoms with Crippen LogP contribution in [0.15, 0.2) is 29.2 Å². The van der Waals surface area contributed by atoms with Crippen molar-refractivity contribution in [3.05, 3.63) is 34.6 Å². The summed E-state index contributed by atoms with van der Waals surface area (Å²) < 4.78 is 5.07. The Kier molecular flexibility index (Phi) is 3.18. The van der Waals surface area contributed by atoms with Gasteiger partial charge < -0.3 is 20.4 Å². The van der Waals surface area contributed by atoms with Crippen LogP contribution in [0.3, 0.4) is 0 Å². The number of carbonyl (C=O) groups is 1. The number of anilines is 1. The largest absolute Gasteiger partial charge is 0.497 e. The number of carbonyl (C=O) groups excluding carboxylic acids is 1. The first-order valence-electron chi connectivity index (χ1n) is 5.34. The smallest absolute Gasteiger partial charge is 0.319 e. The van der Waals surface area contributed by atoms with Crippen LogP contribution in [0.5, 0.6) is 5.75 Å². The summed E-state index contributed by atoms with van der Waals surface area (Å²) in [7, 11) is 3.01. The molecule has 0 fully saturated rings. The van der Waals surface area contributed by atoms with Gasteiger partial charge in [-0.2, -0.15) is 0 Å². The molecule has 3 N–H and O–H groups in total. The van der Waals surface area contributed by atoms with Gasteiger partial charge in [0.05, 0.1) is 12.5 Å². The number of fused-ring (bicyclic) bond motifs is 1. The Morgan fingerprint density at radius 2 is 2.17 bits per heavy atom. The predicted molar refractivity (Wildman–Crippen MR) is 69.2 cm³/mol. The van der Waals surface area contributed by atoms with Gasteiger partial charge in [-0.05, 0) is 18.2 Å². The Bertz CT molecular complexity index is 649. The van der Waals surface area contributed by atoms with E-state index in [1.165, 1.54) is 20.4 Å². The molecule has 0 saturated carbocycles. The van der Waals surface area contributed by atoms with Crippen molar-refractivity contribution in [2.24, 2.45) is 0 Å². The van der Waals surface area contributed by atoms with Gasteiger partial charge in [0.15, 0.2) is 0 Å². The number of H-pyrrole nitrogens is 1. The number of amides is 2. The van der Waals surface area contributed by atoms with E-state index in [9.17, 15) is 9.59 Å². The molecule has 1 aromatic heterocycles. The Hall–Kier alpha value is -2.50. The summed E-state index contributed by atoms with van der Waals surface area (Å²) >= 11 is 0. The fraction of sp³-hybridized carbons (Fsp3) is 0.167. The van der Waals surface area contributed by atoms with Gasteiger partial charge in [0.2, 0.25) is 5.43 Å². The molecule has 18 heavy (non-hydrogen) atoms. The number of aromatic amines is 1. The molecule has 2 rings (SSSR count). The molecule has 2 aromatic rings. The maximum absolute atomic E-state index is 12.1. The SMILES string of the molecule is CNC(=O)Nc1c[nH]c2ccc(OC)cc2c1=O. The van der Waals surface area contributed by atoms with Crippen molar-refractivity contribution in [2.75, 3.05) is 19.5 Å². The fourth-order valence-electron chi connectivity index (χ4n) is 1.60. The maximum Gasteiger partial charge on any atom is 0.319 e. The van der Waals surface area contributed by atoms with Crippen LogP contribution in [0.2, 0.25) is 0 Å². The minimum absolute atomic E-state index is 0.190. The average Bonchev–Trinajstić information content (AvgIpc) is 2.41. The zero-order chi connectivity index (χ0) is 13.1. The lowest BCUT2D eigenvalue weighted by Crippen LogP contribution is -2.27. The van der Waals surface area contributed by atoms with Crippen LogP contribution in [0.25, 0.3) is 10.9 Å². The second-order valence-corrected chi connectivity index (χ2v) is 3.65.